The maximum absolute atomic E-state index is 12.3. The van der Waals surface area contributed by atoms with Gasteiger partial charge in [0.2, 0.25) is 5.91 Å². The SMILES string of the molecule is Cc1cccc(N2CCN(CCNC(=O)CCc3ncc(-c4ccc(Cl)cc4Cl)o3)CC2)c1. The highest BCUT2D eigenvalue weighted by Gasteiger charge is 2.17. The average Bonchev–Trinajstić information content (AvgIpc) is 3.27. The van der Waals surface area contributed by atoms with E-state index in [2.05, 4.69) is 51.3 Å². The number of rotatable bonds is 8. The van der Waals surface area contributed by atoms with E-state index in [0.717, 1.165) is 38.3 Å². The van der Waals surface area contributed by atoms with Crippen LogP contribution < -0.4 is 10.2 Å². The summed E-state index contributed by atoms with van der Waals surface area (Å²) in [5.41, 5.74) is 3.30. The van der Waals surface area contributed by atoms with Gasteiger partial charge in [0, 0.05) is 68.4 Å². The molecule has 6 nitrogen and oxygen atoms in total. The molecule has 33 heavy (non-hydrogen) atoms. The number of carbonyl (C=O) groups is 1. The van der Waals surface area contributed by atoms with Gasteiger partial charge in [-0.2, -0.15) is 0 Å². The fraction of sp³-hybridized carbons (Fsp3) is 0.360. The first kappa shape index (κ1) is 23.6. The Morgan fingerprint density at radius 3 is 2.70 bits per heavy atom. The molecule has 2 aromatic carbocycles. The summed E-state index contributed by atoms with van der Waals surface area (Å²) in [4.78, 5) is 21.3. The van der Waals surface area contributed by atoms with Crippen LogP contribution in [0.4, 0.5) is 5.69 Å². The van der Waals surface area contributed by atoms with Crippen molar-refractivity contribution in [1.29, 1.82) is 0 Å². The smallest absolute Gasteiger partial charge is 0.220 e. The number of nitrogens with zero attached hydrogens (tertiary/aromatic N) is 3. The van der Waals surface area contributed by atoms with Gasteiger partial charge >= 0.3 is 0 Å². The first-order chi connectivity index (χ1) is 16.0. The summed E-state index contributed by atoms with van der Waals surface area (Å²) in [5.74, 6) is 1.08. The van der Waals surface area contributed by atoms with Gasteiger partial charge in [0.15, 0.2) is 11.7 Å². The second-order valence-corrected chi connectivity index (χ2v) is 9.10. The van der Waals surface area contributed by atoms with Crippen LogP contribution in [0.3, 0.4) is 0 Å². The van der Waals surface area contributed by atoms with Gasteiger partial charge in [0.05, 0.1) is 11.2 Å². The molecule has 1 saturated heterocycles. The summed E-state index contributed by atoms with van der Waals surface area (Å²) in [7, 11) is 0. The van der Waals surface area contributed by atoms with Crippen LogP contribution in [0.5, 0.6) is 0 Å². The summed E-state index contributed by atoms with van der Waals surface area (Å²) < 4.78 is 5.76. The summed E-state index contributed by atoms with van der Waals surface area (Å²) in [5, 5.41) is 4.07. The summed E-state index contributed by atoms with van der Waals surface area (Å²) in [6.45, 7) is 7.61. The molecule has 174 valence electrons. The van der Waals surface area contributed by atoms with E-state index in [9.17, 15) is 4.79 Å². The molecular formula is C25H28Cl2N4O2. The minimum atomic E-state index is -0.00216. The van der Waals surface area contributed by atoms with Gasteiger partial charge < -0.3 is 14.6 Å². The fourth-order valence-corrected chi connectivity index (χ4v) is 4.46. The molecule has 2 heterocycles. The number of benzene rings is 2. The Kier molecular flexibility index (Phi) is 7.91. The molecule has 0 radical (unpaired) electrons. The summed E-state index contributed by atoms with van der Waals surface area (Å²) >= 11 is 12.2. The Hall–Kier alpha value is -2.54. The highest BCUT2D eigenvalue weighted by atomic mass is 35.5. The van der Waals surface area contributed by atoms with Crippen LogP contribution >= 0.6 is 23.2 Å². The van der Waals surface area contributed by atoms with Crippen molar-refractivity contribution in [1.82, 2.24) is 15.2 Å². The number of carbonyl (C=O) groups excluding carboxylic acids is 1. The molecule has 8 heteroatoms. The molecule has 1 amide bonds. The van der Waals surface area contributed by atoms with Gasteiger partial charge in [-0.05, 0) is 42.8 Å². The van der Waals surface area contributed by atoms with Crippen molar-refractivity contribution in [3.63, 3.8) is 0 Å². The van der Waals surface area contributed by atoms with Crippen LogP contribution in [0, 0.1) is 6.92 Å². The molecule has 4 rings (SSSR count). The molecule has 1 aliphatic heterocycles. The van der Waals surface area contributed by atoms with Crippen molar-refractivity contribution in [2.75, 3.05) is 44.2 Å². The van der Waals surface area contributed by atoms with Gasteiger partial charge in [-0.1, -0.05) is 35.3 Å². The zero-order valence-corrected chi connectivity index (χ0v) is 20.2. The molecule has 0 saturated carbocycles. The number of halogens is 2. The van der Waals surface area contributed by atoms with E-state index in [4.69, 9.17) is 27.6 Å². The van der Waals surface area contributed by atoms with E-state index in [1.807, 2.05) is 0 Å². The average molecular weight is 487 g/mol. The second-order valence-electron chi connectivity index (χ2n) is 8.26. The zero-order valence-electron chi connectivity index (χ0n) is 18.7. The van der Waals surface area contributed by atoms with Crippen molar-refractivity contribution in [2.45, 2.75) is 19.8 Å². The maximum atomic E-state index is 12.3. The number of aromatic nitrogens is 1. The normalized spacial score (nSPS) is 14.5. The quantitative estimate of drug-likeness (QED) is 0.494. The Labute approximate surface area is 204 Å². The second kappa shape index (κ2) is 11.1. The van der Waals surface area contributed by atoms with Crippen molar-refractivity contribution in [2.24, 2.45) is 0 Å². The molecule has 0 aliphatic carbocycles. The third-order valence-corrected chi connectivity index (χ3v) is 6.35. The number of aryl methyl sites for hydroxylation is 2. The number of hydrogen-bond acceptors (Lipinski definition) is 5. The Morgan fingerprint density at radius 1 is 1.12 bits per heavy atom. The highest BCUT2D eigenvalue weighted by Crippen LogP contribution is 2.30. The molecule has 1 N–H and O–H groups in total. The largest absolute Gasteiger partial charge is 0.441 e. The molecule has 0 bridgehead atoms. The van der Waals surface area contributed by atoms with Crippen LogP contribution in [0.25, 0.3) is 11.3 Å². The lowest BCUT2D eigenvalue weighted by atomic mass is 10.2. The van der Waals surface area contributed by atoms with Gasteiger partial charge in [0.1, 0.15) is 0 Å². The Balaban J connectivity index is 1.15. The predicted molar refractivity (Wildman–Crippen MR) is 133 cm³/mol. The minimum absolute atomic E-state index is 0.00216. The van der Waals surface area contributed by atoms with Gasteiger partial charge in [-0.3, -0.25) is 9.69 Å². The molecule has 1 aliphatic rings. The van der Waals surface area contributed by atoms with E-state index in [1.54, 1.807) is 24.4 Å². The lowest BCUT2D eigenvalue weighted by Gasteiger charge is -2.36. The number of amides is 1. The van der Waals surface area contributed by atoms with E-state index in [0.29, 0.717) is 41.1 Å². The fourth-order valence-electron chi connectivity index (χ4n) is 3.96. The zero-order chi connectivity index (χ0) is 23.2. The van der Waals surface area contributed by atoms with Crippen LogP contribution in [0.2, 0.25) is 10.0 Å². The Bertz CT molecular complexity index is 1090. The summed E-state index contributed by atoms with van der Waals surface area (Å²) in [6, 6.07) is 13.8. The minimum Gasteiger partial charge on any atom is -0.441 e. The standard InChI is InChI=1S/C25H28Cl2N4O2/c1-18-3-2-4-20(15-18)31-13-11-30(12-14-31)10-9-28-24(32)7-8-25-29-17-23(33-25)21-6-5-19(26)16-22(21)27/h2-6,15-17H,7-14H2,1H3,(H,28,32). The van der Waals surface area contributed by atoms with Crippen LogP contribution in [-0.4, -0.2) is 55.1 Å². The third-order valence-electron chi connectivity index (χ3n) is 5.81. The van der Waals surface area contributed by atoms with Crippen LogP contribution in [0.1, 0.15) is 17.9 Å². The van der Waals surface area contributed by atoms with Crippen molar-refractivity contribution >= 4 is 34.8 Å². The number of hydrogen-bond donors (Lipinski definition) is 1. The molecule has 1 fully saturated rings. The lowest BCUT2D eigenvalue weighted by Crippen LogP contribution is -2.48. The highest BCUT2D eigenvalue weighted by molar-refractivity contribution is 6.36. The predicted octanol–water partition coefficient (Wildman–Crippen LogP) is 4.83. The first-order valence-corrected chi connectivity index (χ1v) is 11.9. The maximum Gasteiger partial charge on any atom is 0.220 e. The summed E-state index contributed by atoms with van der Waals surface area (Å²) in [6.07, 6.45) is 2.39. The van der Waals surface area contributed by atoms with Crippen LogP contribution in [0.15, 0.2) is 53.1 Å². The molecule has 3 aromatic rings. The number of piperazine rings is 1. The van der Waals surface area contributed by atoms with E-state index in [-0.39, 0.29) is 5.91 Å². The van der Waals surface area contributed by atoms with E-state index >= 15 is 0 Å². The van der Waals surface area contributed by atoms with Crippen LogP contribution in [-0.2, 0) is 11.2 Å². The van der Waals surface area contributed by atoms with E-state index < -0.39 is 0 Å². The topological polar surface area (TPSA) is 61.6 Å². The van der Waals surface area contributed by atoms with Crippen molar-refractivity contribution < 1.29 is 9.21 Å². The van der Waals surface area contributed by atoms with Gasteiger partial charge in [0.25, 0.3) is 0 Å². The van der Waals surface area contributed by atoms with Gasteiger partial charge in [-0.15, -0.1) is 0 Å². The number of anilines is 1. The van der Waals surface area contributed by atoms with Gasteiger partial charge in [-0.25, -0.2) is 4.98 Å². The lowest BCUT2D eigenvalue weighted by molar-refractivity contribution is -0.121. The number of nitrogens with one attached hydrogen (secondary N) is 1. The molecule has 1 aromatic heterocycles. The molecule has 0 unspecified atom stereocenters. The first-order valence-electron chi connectivity index (χ1n) is 11.2. The number of oxazole rings is 1. The van der Waals surface area contributed by atoms with Crippen molar-refractivity contribution in [3.05, 3.63) is 70.2 Å². The monoisotopic (exact) mass is 486 g/mol. The molecule has 0 spiro atoms. The third kappa shape index (κ3) is 6.50. The Morgan fingerprint density at radius 2 is 1.94 bits per heavy atom. The van der Waals surface area contributed by atoms with Crippen molar-refractivity contribution in [3.8, 4) is 11.3 Å². The molecular weight excluding hydrogens is 459 g/mol. The molecule has 0 atom stereocenters. The van der Waals surface area contributed by atoms with E-state index in [1.165, 1.54) is 11.3 Å².